The van der Waals surface area contributed by atoms with Crippen LogP contribution in [0.1, 0.15) is 18.5 Å². The van der Waals surface area contributed by atoms with E-state index in [1.165, 1.54) is 22.2 Å². The maximum atomic E-state index is 13.2. The second-order valence-corrected chi connectivity index (χ2v) is 7.54. The summed E-state index contributed by atoms with van der Waals surface area (Å²) in [4.78, 5) is 30.9. The summed E-state index contributed by atoms with van der Waals surface area (Å²) in [6.07, 6.45) is 1.45. The maximum absolute atomic E-state index is 13.2. The van der Waals surface area contributed by atoms with Gasteiger partial charge >= 0.3 is 0 Å². The van der Waals surface area contributed by atoms with Crippen molar-refractivity contribution >= 4 is 33.1 Å². The maximum Gasteiger partial charge on any atom is 0.263 e. The van der Waals surface area contributed by atoms with E-state index in [9.17, 15) is 9.59 Å². The van der Waals surface area contributed by atoms with Gasteiger partial charge in [0.15, 0.2) is 0 Å². The van der Waals surface area contributed by atoms with E-state index in [-0.39, 0.29) is 11.5 Å². The summed E-state index contributed by atoms with van der Waals surface area (Å²) in [6.45, 7) is 3.69. The van der Waals surface area contributed by atoms with Gasteiger partial charge in [0.25, 0.3) is 5.56 Å². The van der Waals surface area contributed by atoms with E-state index in [1.807, 2.05) is 66.9 Å². The molecule has 0 unspecified atom stereocenters. The SMILES string of the molecule is Cc1ccc(NC(=O)[C@@H](C)n2cnc3scc(-c4ccccc4)c3c2=O)cc1. The van der Waals surface area contributed by atoms with Gasteiger partial charge in [-0.05, 0) is 31.5 Å². The summed E-state index contributed by atoms with van der Waals surface area (Å²) in [5.41, 5.74) is 3.41. The molecular formula is C22H19N3O2S. The van der Waals surface area contributed by atoms with Crippen LogP contribution in [0.4, 0.5) is 5.69 Å². The predicted molar refractivity (Wildman–Crippen MR) is 114 cm³/mol. The predicted octanol–water partition coefficient (Wildman–Crippen LogP) is 4.63. The Kier molecular flexibility index (Phi) is 4.79. The number of carbonyl (C=O) groups excluding carboxylic acids is 1. The third-order valence-electron chi connectivity index (χ3n) is 4.72. The minimum absolute atomic E-state index is 0.211. The Bertz CT molecular complexity index is 1190. The molecule has 1 amide bonds. The average molecular weight is 389 g/mol. The van der Waals surface area contributed by atoms with Gasteiger partial charge in [-0.25, -0.2) is 4.98 Å². The van der Waals surface area contributed by atoms with Crippen molar-refractivity contribution in [2.45, 2.75) is 19.9 Å². The highest BCUT2D eigenvalue weighted by atomic mass is 32.1. The van der Waals surface area contributed by atoms with Crippen molar-refractivity contribution in [3.63, 3.8) is 0 Å². The molecule has 1 atom stereocenters. The van der Waals surface area contributed by atoms with Crippen molar-refractivity contribution in [1.29, 1.82) is 0 Å². The smallest absolute Gasteiger partial charge is 0.263 e. The molecule has 2 heterocycles. The molecule has 1 N–H and O–H groups in total. The number of thiophene rings is 1. The van der Waals surface area contributed by atoms with Crippen LogP contribution in [0.15, 0.2) is 71.1 Å². The fraction of sp³-hybridized carbons (Fsp3) is 0.136. The van der Waals surface area contributed by atoms with Crippen molar-refractivity contribution in [2.24, 2.45) is 0 Å². The van der Waals surface area contributed by atoms with Crippen LogP contribution in [0.5, 0.6) is 0 Å². The van der Waals surface area contributed by atoms with E-state index in [2.05, 4.69) is 10.3 Å². The number of hydrogen-bond acceptors (Lipinski definition) is 4. The summed E-state index contributed by atoms with van der Waals surface area (Å²) >= 11 is 1.43. The third-order valence-corrected chi connectivity index (χ3v) is 5.61. The molecule has 0 bridgehead atoms. The second kappa shape index (κ2) is 7.40. The van der Waals surface area contributed by atoms with Gasteiger partial charge in [0.05, 0.1) is 11.7 Å². The fourth-order valence-corrected chi connectivity index (χ4v) is 3.97. The van der Waals surface area contributed by atoms with Crippen LogP contribution in [0.25, 0.3) is 21.3 Å². The average Bonchev–Trinajstić information content (AvgIpc) is 3.15. The minimum atomic E-state index is -0.686. The van der Waals surface area contributed by atoms with E-state index in [1.54, 1.807) is 6.92 Å². The molecule has 0 fully saturated rings. The lowest BCUT2D eigenvalue weighted by Gasteiger charge is -2.15. The molecule has 0 aliphatic carbocycles. The highest BCUT2D eigenvalue weighted by Crippen LogP contribution is 2.30. The third kappa shape index (κ3) is 3.34. The van der Waals surface area contributed by atoms with E-state index >= 15 is 0 Å². The Balaban J connectivity index is 1.70. The lowest BCUT2D eigenvalue weighted by molar-refractivity contribution is -0.118. The second-order valence-electron chi connectivity index (χ2n) is 6.68. The molecule has 6 heteroatoms. The molecule has 2 aromatic heterocycles. The van der Waals surface area contributed by atoms with Gasteiger partial charge in [0, 0.05) is 16.6 Å². The molecule has 5 nitrogen and oxygen atoms in total. The van der Waals surface area contributed by atoms with Gasteiger partial charge in [-0.1, -0.05) is 48.0 Å². The standard InChI is InChI=1S/C22H19N3O2S/c1-14-8-10-17(11-9-14)24-20(26)15(2)25-13-23-21-19(22(25)27)18(12-28-21)16-6-4-3-5-7-16/h3-13,15H,1-2H3,(H,24,26)/t15-/m1/s1. The quantitative estimate of drug-likeness (QED) is 0.553. The van der Waals surface area contributed by atoms with E-state index in [0.717, 1.165) is 16.7 Å². The molecule has 4 aromatic rings. The van der Waals surface area contributed by atoms with Gasteiger partial charge in [0.1, 0.15) is 10.9 Å². The first-order valence-electron chi connectivity index (χ1n) is 8.96. The van der Waals surface area contributed by atoms with Crippen LogP contribution in [0, 0.1) is 6.92 Å². The molecule has 0 radical (unpaired) electrons. The monoisotopic (exact) mass is 389 g/mol. The zero-order valence-corrected chi connectivity index (χ0v) is 16.4. The number of amides is 1. The number of nitrogens with zero attached hydrogens (tertiary/aromatic N) is 2. The van der Waals surface area contributed by atoms with Gasteiger partial charge in [0.2, 0.25) is 5.91 Å². The van der Waals surface area contributed by atoms with Crippen molar-refractivity contribution in [3.05, 3.63) is 82.2 Å². The number of benzene rings is 2. The van der Waals surface area contributed by atoms with Gasteiger partial charge in [-0.15, -0.1) is 11.3 Å². The minimum Gasteiger partial charge on any atom is -0.324 e. The summed E-state index contributed by atoms with van der Waals surface area (Å²) in [6, 6.07) is 16.6. The highest BCUT2D eigenvalue weighted by Gasteiger charge is 2.20. The molecule has 0 saturated heterocycles. The number of nitrogens with one attached hydrogen (secondary N) is 1. The normalized spacial score (nSPS) is 12.1. The number of fused-ring (bicyclic) bond motifs is 1. The Morgan fingerprint density at radius 2 is 1.82 bits per heavy atom. The Morgan fingerprint density at radius 1 is 1.11 bits per heavy atom. The molecule has 140 valence electrons. The number of rotatable bonds is 4. The Morgan fingerprint density at radius 3 is 2.54 bits per heavy atom. The molecule has 0 spiro atoms. The lowest BCUT2D eigenvalue weighted by Crippen LogP contribution is -2.31. The topological polar surface area (TPSA) is 64.0 Å². The summed E-state index contributed by atoms with van der Waals surface area (Å²) in [5.74, 6) is -0.261. The summed E-state index contributed by atoms with van der Waals surface area (Å²) in [5, 5.41) is 5.35. The van der Waals surface area contributed by atoms with Crippen molar-refractivity contribution in [2.75, 3.05) is 5.32 Å². The summed E-state index contributed by atoms with van der Waals surface area (Å²) < 4.78 is 1.39. The molecule has 28 heavy (non-hydrogen) atoms. The van der Waals surface area contributed by atoms with Crippen LogP contribution >= 0.6 is 11.3 Å². The van der Waals surface area contributed by atoms with Gasteiger partial charge in [-0.3, -0.25) is 14.2 Å². The van der Waals surface area contributed by atoms with Crippen LogP contribution in [0.3, 0.4) is 0 Å². The van der Waals surface area contributed by atoms with Crippen molar-refractivity contribution in [1.82, 2.24) is 9.55 Å². The van der Waals surface area contributed by atoms with Crippen LogP contribution in [-0.4, -0.2) is 15.5 Å². The number of hydrogen-bond donors (Lipinski definition) is 1. The molecule has 0 aliphatic heterocycles. The van der Waals surface area contributed by atoms with Crippen LogP contribution in [-0.2, 0) is 4.79 Å². The number of anilines is 1. The highest BCUT2D eigenvalue weighted by molar-refractivity contribution is 7.17. The van der Waals surface area contributed by atoms with Gasteiger partial charge in [-0.2, -0.15) is 0 Å². The Labute approximate surface area is 166 Å². The lowest BCUT2D eigenvalue weighted by atomic mass is 10.1. The van der Waals surface area contributed by atoms with E-state index in [4.69, 9.17) is 0 Å². The first-order chi connectivity index (χ1) is 13.5. The van der Waals surface area contributed by atoms with Crippen LogP contribution in [0.2, 0.25) is 0 Å². The molecule has 2 aromatic carbocycles. The van der Waals surface area contributed by atoms with Crippen molar-refractivity contribution < 1.29 is 4.79 Å². The summed E-state index contributed by atoms with van der Waals surface area (Å²) in [7, 11) is 0. The first-order valence-corrected chi connectivity index (χ1v) is 9.84. The number of aryl methyl sites for hydroxylation is 1. The zero-order chi connectivity index (χ0) is 19.7. The molecular weight excluding hydrogens is 370 g/mol. The fourth-order valence-electron chi connectivity index (χ4n) is 3.06. The van der Waals surface area contributed by atoms with E-state index in [0.29, 0.717) is 15.9 Å². The van der Waals surface area contributed by atoms with Gasteiger partial charge < -0.3 is 5.32 Å². The van der Waals surface area contributed by atoms with E-state index < -0.39 is 6.04 Å². The number of aromatic nitrogens is 2. The Hall–Kier alpha value is -3.25. The molecule has 0 aliphatic rings. The molecule has 4 rings (SSSR count). The van der Waals surface area contributed by atoms with Crippen molar-refractivity contribution in [3.8, 4) is 11.1 Å². The first kappa shape index (κ1) is 18.1. The molecule has 0 saturated carbocycles. The largest absolute Gasteiger partial charge is 0.324 e. The van der Waals surface area contributed by atoms with Crippen LogP contribution < -0.4 is 10.9 Å². The zero-order valence-electron chi connectivity index (χ0n) is 15.5. The number of carbonyl (C=O) groups is 1.